The molecule has 148 valence electrons. The third-order valence-electron chi connectivity index (χ3n) is 3.30. The van der Waals surface area contributed by atoms with E-state index in [4.69, 9.17) is 58.6 Å². The lowest BCUT2D eigenvalue weighted by Gasteiger charge is -2.27. The van der Waals surface area contributed by atoms with Gasteiger partial charge in [-0.1, -0.05) is 52.5 Å². The number of carbonyl (C=O) groups is 1. The van der Waals surface area contributed by atoms with E-state index in [0.717, 1.165) is 6.07 Å². The molecule has 3 N–H and O–H groups in total. The zero-order valence-corrected chi connectivity index (χ0v) is 17.6. The van der Waals surface area contributed by atoms with Crippen LogP contribution in [0.1, 0.15) is 10.4 Å². The van der Waals surface area contributed by atoms with Gasteiger partial charge in [0.1, 0.15) is 6.17 Å². The fourth-order valence-electron chi connectivity index (χ4n) is 2.01. The summed E-state index contributed by atoms with van der Waals surface area (Å²) in [7, 11) is 0. The monoisotopic (exact) mass is 480 g/mol. The highest BCUT2D eigenvalue weighted by Crippen LogP contribution is 2.29. The maximum absolute atomic E-state index is 12.4. The second-order valence-corrected chi connectivity index (χ2v) is 8.57. The summed E-state index contributed by atoms with van der Waals surface area (Å²) in [5.74, 6) is -0.693. The van der Waals surface area contributed by atoms with Gasteiger partial charge in [-0.05, 0) is 42.5 Å². The van der Waals surface area contributed by atoms with Crippen molar-refractivity contribution in [3.63, 3.8) is 0 Å². The first-order chi connectivity index (χ1) is 13.1. The first-order valence-corrected chi connectivity index (χ1v) is 9.43. The summed E-state index contributed by atoms with van der Waals surface area (Å²) in [6.07, 6.45) is -1.23. The molecule has 0 aliphatic carbocycles. The van der Waals surface area contributed by atoms with E-state index in [-0.39, 0.29) is 16.4 Å². The van der Waals surface area contributed by atoms with Crippen LogP contribution >= 0.6 is 58.6 Å². The number of carbonyl (C=O) groups excluding carboxylic acids is 1. The van der Waals surface area contributed by atoms with Gasteiger partial charge in [-0.2, -0.15) is 0 Å². The van der Waals surface area contributed by atoms with Crippen molar-refractivity contribution in [1.29, 1.82) is 0 Å². The topological polar surface area (TPSA) is 96.3 Å². The predicted octanol–water partition coefficient (Wildman–Crippen LogP) is 4.66. The number of rotatable bonds is 5. The Balaban J connectivity index is 2.10. The van der Waals surface area contributed by atoms with Crippen molar-refractivity contribution in [3.05, 3.63) is 69.2 Å². The van der Waals surface area contributed by atoms with Crippen LogP contribution in [-0.4, -0.2) is 25.9 Å². The number of thiocarbonyl (C=S) groups is 1. The van der Waals surface area contributed by atoms with Gasteiger partial charge < -0.3 is 16.0 Å². The highest BCUT2D eigenvalue weighted by molar-refractivity contribution is 7.80. The third kappa shape index (κ3) is 6.65. The van der Waals surface area contributed by atoms with E-state index in [0.29, 0.717) is 10.7 Å². The smallest absolute Gasteiger partial charge is 0.270 e. The molecule has 0 aliphatic heterocycles. The fraction of sp³-hybridized carbons (Fsp3) is 0.125. The van der Waals surface area contributed by atoms with E-state index in [1.807, 2.05) is 0 Å². The van der Waals surface area contributed by atoms with Crippen LogP contribution in [0.4, 0.5) is 11.4 Å². The molecule has 0 heterocycles. The summed E-state index contributed by atoms with van der Waals surface area (Å²) in [5.41, 5.74) is 0.396. The molecule has 0 saturated carbocycles. The molecule has 0 radical (unpaired) electrons. The molecule has 7 nitrogen and oxygen atoms in total. The van der Waals surface area contributed by atoms with E-state index in [2.05, 4.69) is 16.0 Å². The molecule has 0 bridgehead atoms. The van der Waals surface area contributed by atoms with Crippen molar-refractivity contribution < 1.29 is 9.72 Å². The molecule has 0 aromatic heterocycles. The maximum Gasteiger partial charge on any atom is 0.270 e. The molecule has 0 aliphatic rings. The highest BCUT2D eigenvalue weighted by Gasteiger charge is 2.35. The van der Waals surface area contributed by atoms with Crippen molar-refractivity contribution in [2.24, 2.45) is 0 Å². The van der Waals surface area contributed by atoms with Crippen LogP contribution in [0.3, 0.4) is 0 Å². The van der Waals surface area contributed by atoms with Crippen LogP contribution in [0.5, 0.6) is 0 Å². The average molecular weight is 482 g/mol. The van der Waals surface area contributed by atoms with Crippen LogP contribution < -0.4 is 16.0 Å². The molecule has 2 rings (SSSR count). The Morgan fingerprint density at radius 2 is 1.75 bits per heavy atom. The maximum atomic E-state index is 12.4. The number of nitro benzene ring substituents is 1. The minimum absolute atomic E-state index is 0.0202. The van der Waals surface area contributed by atoms with Gasteiger partial charge in [0.2, 0.25) is 3.79 Å². The van der Waals surface area contributed by atoms with Gasteiger partial charge in [-0.25, -0.2) is 0 Å². The van der Waals surface area contributed by atoms with E-state index in [1.54, 1.807) is 24.3 Å². The number of nitrogens with one attached hydrogen (secondary N) is 3. The minimum Gasteiger partial charge on any atom is -0.339 e. The second-order valence-electron chi connectivity index (χ2n) is 5.36. The Labute approximate surface area is 185 Å². The van der Waals surface area contributed by atoms with Gasteiger partial charge in [-0.15, -0.1) is 0 Å². The van der Waals surface area contributed by atoms with Gasteiger partial charge in [0, 0.05) is 28.4 Å². The lowest BCUT2D eigenvalue weighted by Crippen LogP contribution is -2.56. The Kier molecular flexibility index (Phi) is 7.68. The Hall–Kier alpha value is -1.84. The summed E-state index contributed by atoms with van der Waals surface area (Å²) in [6, 6.07) is 11.8. The normalized spacial score (nSPS) is 12.0. The summed E-state index contributed by atoms with van der Waals surface area (Å²) in [4.78, 5) is 22.7. The molecule has 1 amide bonds. The standard InChI is InChI=1S/C16H12Cl4N4O3S/c17-10-4-6-11(7-5-10)21-15(28)23-14(16(18,19)20)22-13(25)9-2-1-3-12(8-9)24(26)27/h1-8,14H,(H,22,25)(H2,21,23,28). The van der Waals surface area contributed by atoms with Crippen molar-refractivity contribution in [2.45, 2.75) is 9.96 Å². The number of amides is 1. The number of hydrogen-bond donors (Lipinski definition) is 3. The number of anilines is 1. The van der Waals surface area contributed by atoms with Crippen molar-refractivity contribution in [1.82, 2.24) is 10.6 Å². The van der Waals surface area contributed by atoms with Gasteiger partial charge in [0.25, 0.3) is 11.6 Å². The number of nitro groups is 1. The van der Waals surface area contributed by atoms with Gasteiger partial charge in [0.15, 0.2) is 5.11 Å². The summed E-state index contributed by atoms with van der Waals surface area (Å²) < 4.78 is -1.97. The molecule has 0 saturated heterocycles. The SMILES string of the molecule is O=C(NC(NC(=S)Nc1ccc(Cl)cc1)C(Cl)(Cl)Cl)c1cccc([N+](=O)[O-])c1. The zero-order valence-electron chi connectivity index (χ0n) is 13.8. The third-order valence-corrected chi connectivity index (χ3v) is 4.43. The quantitative estimate of drug-likeness (QED) is 0.189. The van der Waals surface area contributed by atoms with Gasteiger partial charge >= 0.3 is 0 Å². The highest BCUT2D eigenvalue weighted by atomic mass is 35.6. The number of hydrogen-bond acceptors (Lipinski definition) is 4. The predicted molar refractivity (Wildman–Crippen MR) is 115 cm³/mol. The molecular weight excluding hydrogens is 470 g/mol. The summed E-state index contributed by atoms with van der Waals surface area (Å²) >= 11 is 28.7. The summed E-state index contributed by atoms with van der Waals surface area (Å²) in [6.45, 7) is 0. The van der Waals surface area contributed by atoms with Crippen LogP contribution in [-0.2, 0) is 0 Å². The van der Waals surface area contributed by atoms with Crippen LogP contribution in [0.15, 0.2) is 48.5 Å². The van der Waals surface area contributed by atoms with Crippen molar-refractivity contribution in [2.75, 3.05) is 5.32 Å². The number of halogens is 4. The molecule has 0 spiro atoms. The summed E-state index contributed by atoms with van der Waals surface area (Å²) in [5, 5.41) is 19.5. The number of non-ortho nitro benzene ring substituents is 1. The average Bonchev–Trinajstić information content (AvgIpc) is 2.62. The zero-order chi connectivity index (χ0) is 20.9. The minimum atomic E-state index is -1.97. The molecular formula is C16H12Cl4N4O3S. The second kappa shape index (κ2) is 9.58. The van der Waals surface area contributed by atoms with Gasteiger partial charge in [0.05, 0.1) is 4.92 Å². The van der Waals surface area contributed by atoms with Crippen LogP contribution in [0, 0.1) is 10.1 Å². The molecule has 1 unspecified atom stereocenters. The van der Waals surface area contributed by atoms with E-state index < -0.39 is 20.8 Å². The molecule has 0 fully saturated rings. The lowest BCUT2D eigenvalue weighted by molar-refractivity contribution is -0.384. The number of alkyl halides is 3. The molecule has 1 atom stereocenters. The van der Waals surface area contributed by atoms with Crippen LogP contribution in [0.2, 0.25) is 5.02 Å². The van der Waals surface area contributed by atoms with Gasteiger partial charge in [-0.3, -0.25) is 14.9 Å². The molecule has 2 aromatic rings. The van der Waals surface area contributed by atoms with Crippen molar-refractivity contribution in [3.8, 4) is 0 Å². The molecule has 2 aromatic carbocycles. The number of benzene rings is 2. The first kappa shape index (κ1) is 22.4. The molecule has 12 heteroatoms. The number of nitrogens with zero attached hydrogens (tertiary/aromatic N) is 1. The Bertz CT molecular complexity index is 890. The van der Waals surface area contributed by atoms with Crippen LogP contribution in [0.25, 0.3) is 0 Å². The van der Waals surface area contributed by atoms with Crippen molar-refractivity contribution >= 4 is 81.0 Å². The van der Waals surface area contributed by atoms with E-state index in [9.17, 15) is 14.9 Å². The van der Waals surface area contributed by atoms with E-state index >= 15 is 0 Å². The largest absolute Gasteiger partial charge is 0.339 e. The first-order valence-electron chi connectivity index (χ1n) is 7.51. The fourth-order valence-corrected chi connectivity index (χ4v) is 2.70. The lowest BCUT2D eigenvalue weighted by atomic mass is 10.2. The molecule has 28 heavy (non-hydrogen) atoms. The Morgan fingerprint density at radius 1 is 1.11 bits per heavy atom. The van der Waals surface area contributed by atoms with E-state index in [1.165, 1.54) is 18.2 Å². The Morgan fingerprint density at radius 3 is 2.32 bits per heavy atom.